The Kier molecular flexibility index (Phi) is 4.55. The van der Waals surface area contributed by atoms with Gasteiger partial charge in [-0.2, -0.15) is 0 Å². The second-order valence-corrected chi connectivity index (χ2v) is 6.90. The topological polar surface area (TPSA) is 29.5 Å². The Balaban J connectivity index is 1.81. The quantitative estimate of drug-likeness (QED) is 0.808. The van der Waals surface area contributed by atoms with Crippen LogP contribution in [-0.2, 0) is 11.2 Å². The molecule has 1 heterocycles. The summed E-state index contributed by atoms with van der Waals surface area (Å²) in [5.41, 5.74) is 4.11. The minimum Gasteiger partial charge on any atom is -0.481 e. The Bertz CT molecular complexity index is 764. The molecule has 0 bridgehead atoms. The lowest BCUT2D eigenvalue weighted by Gasteiger charge is -2.26. The summed E-state index contributed by atoms with van der Waals surface area (Å²) < 4.78 is 5.92. The smallest absolute Gasteiger partial charge is 0.268 e. The lowest BCUT2D eigenvalue weighted by molar-refractivity contribution is -0.124. The predicted octanol–water partition coefficient (Wildman–Crippen LogP) is 4.70. The fourth-order valence-corrected chi connectivity index (χ4v) is 3.44. The third kappa shape index (κ3) is 3.01. The maximum atomic E-state index is 12.9. The number of anilines is 1. The van der Waals surface area contributed by atoms with Gasteiger partial charge in [0.15, 0.2) is 6.10 Å². The number of benzene rings is 2. The number of hydrogen-bond acceptors (Lipinski definition) is 2. The van der Waals surface area contributed by atoms with Gasteiger partial charge in [-0.15, -0.1) is 0 Å². The van der Waals surface area contributed by atoms with Crippen LogP contribution in [0.15, 0.2) is 36.4 Å². The van der Waals surface area contributed by atoms with Gasteiger partial charge in [-0.05, 0) is 69.0 Å². The number of halogens is 1. The molecule has 0 fully saturated rings. The number of ether oxygens (including phenoxy) is 1. The molecule has 2 atom stereocenters. The van der Waals surface area contributed by atoms with Crippen LogP contribution in [0, 0.1) is 13.8 Å². The van der Waals surface area contributed by atoms with Crippen molar-refractivity contribution in [2.75, 3.05) is 4.90 Å². The van der Waals surface area contributed by atoms with Gasteiger partial charge in [0.05, 0.1) is 0 Å². The second kappa shape index (κ2) is 6.48. The maximum Gasteiger partial charge on any atom is 0.268 e. The molecular weight excluding hydrogens is 322 g/mol. The van der Waals surface area contributed by atoms with E-state index >= 15 is 0 Å². The van der Waals surface area contributed by atoms with E-state index in [0.717, 1.165) is 28.3 Å². The van der Waals surface area contributed by atoms with Crippen LogP contribution in [0.25, 0.3) is 0 Å². The van der Waals surface area contributed by atoms with Gasteiger partial charge in [0.25, 0.3) is 5.91 Å². The molecule has 0 N–H and O–H groups in total. The Morgan fingerprint density at radius 3 is 2.54 bits per heavy atom. The van der Waals surface area contributed by atoms with Crippen molar-refractivity contribution < 1.29 is 9.53 Å². The van der Waals surface area contributed by atoms with E-state index < -0.39 is 6.10 Å². The molecule has 0 unspecified atom stereocenters. The number of fused-ring (bicyclic) bond motifs is 1. The molecule has 126 valence electrons. The first-order valence-corrected chi connectivity index (χ1v) is 8.60. The van der Waals surface area contributed by atoms with E-state index in [4.69, 9.17) is 16.3 Å². The van der Waals surface area contributed by atoms with Crippen LogP contribution >= 0.6 is 11.6 Å². The van der Waals surface area contributed by atoms with Crippen LogP contribution in [0.4, 0.5) is 5.69 Å². The number of aryl methyl sites for hydroxylation is 2. The Labute approximate surface area is 148 Å². The number of para-hydroxylation sites is 1. The molecular formula is C20H22ClNO2. The van der Waals surface area contributed by atoms with Crippen molar-refractivity contribution >= 4 is 23.2 Å². The van der Waals surface area contributed by atoms with Crippen molar-refractivity contribution in [3.63, 3.8) is 0 Å². The Morgan fingerprint density at radius 1 is 1.25 bits per heavy atom. The molecule has 3 nitrogen and oxygen atoms in total. The van der Waals surface area contributed by atoms with Gasteiger partial charge in [0, 0.05) is 16.8 Å². The molecule has 1 amide bonds. The summed E-state index contributed by atoms with van der Waals surface area (Å²) >= 11 is 6.20. The summed E-state index contributed by atoms with van der Waals surface area (Å²) in [6, 6.07) is 12.0. The van der Waals surface area contributed by atoms with Gasteiger partial charge in [0.1, 0.15) is 5.75 Å². The molecule has 2 aromatic carbocycles. The largest absolute Gasteiger partial charge is 0.481 e. The van der Waals surface area contributed by atoms with Crippen LogP contribution in [0.1, 0.15) is 30.5 Å². The highest BCUT2D eigenvalue weighted by Crippen LogP contribution is 2.33. The van der Waals surface area contributed by atoms with Gasteiger partial charge in [-0.1, -0.05) is 29.8 Å². The molecule has 0 saturated carbocycles. The molecule has 0 radical (unpaired) electrons. The van der Waals surface area contributed by atoms with Crippen molar-refractivity contribution in [1.29, 1.82) is 0 Å². The molecule has 2 aromatic rings. The fourth-order valence-electron chi connectivity index (χ4n) is 3.33. The maximum absolute atomic E-state index is 12.9. The van der Waals surface area contributed by atoms with E-state index in [0.29, 0.717) is 5.75 Å². The summed E-state index contributed by atoms with van der Waals surface area (Å²) in [4.78, 5) is 14.8. The van der Waals surface area contributed by atoms with E-state index in [9.17, 15) is 4.79 Å². The summed E-state index contributed by atoms with van der Waals surface area (Å²) in [5.74, 6) is 0.660. The van der Waals surface area contributed by atoms with E-state index in [1.54, 1.807) is 6.92 Å². The lowest BCUT2D eigenvalue weighted by atomic mass is 10.1. The molecule has 1 aliphatic heterocycles. The predicted molar refractivity (Wildman–Crippen MR) is 98.1 cm³/mol. The Morgan fingerprint density at radius 2 is 1.88 bits per heavy atom. The number of nitrogens with zero attached hydrogens (tertiary/aromatic N) is 1. The highest BCUT2D eigenvalue weighted by Gasteiger charge is 2.33. The van der Waals surface area contributed by atoms with Gasteiger partial charge in [-0.3, -0.25) is 4.79 Å². The molecule has 4 heteroatoms. The van der Waals surface area contributed by atoms with Crippen molar-refractivity contribution in [3.05, 3.63) is 58.1 Å². The monoisotopic (exact) mass is 343 g/mol. The normalized spacial score (nSPS) is 17.5. The van der Waals surface area contributed by atoms with Crippen molar-refractivity contribution in [3.8, 4) is 5.75 Å². The number of carbonyl (C=O) groups excluding carboxylic acids is 1. The minimum absolute atomic E-state index is 0.0160. The minimum atomic E-state index is -0.557. The van der Waals surface area contributed by atoms with Gasteiger partial charge < -0.3 is 9.64 Å². The number of carbonyl (C=O) groups is 1. The van der Waals surface area contributed by atoms with Gasteiger partial charge in [-0.25, -0.2) is 0 Å². The van der Waals surface area contributed by atoms with Crippen LogP contribution in [0.3, 0.4) is 0 Å². The summed E-state index contributed by atoms with van der Waals surface area (Å²) in [5, 5.41) is 0.739. The summed E-state index contributed by atoms with van der Waals surface area (Å²) in [6.45, 7) is 7.75. The number of rotatable bonds is 3. The first kappa shape index (κ1) is 16.8. The van der Waals surface area contributed by atoms with Gasteiger partial charge >= 0.3 is 0 Å². The first-order chi connectivity index (χ1) is 11.4. The molecule has 0 spiro atoms. The zero-order valence-corrected chi connectivity index (χ0v) is 15.2. The molecule has 1 aliphatic rings. The van der Waals surface area contributed by atoms with Crippen LogP contribution < -0.4 is 9.64 Å². The van der Waals surface area contributed by atoms with Crippen LogP contribution in [-0.4, -0.2) is 18.1 Å². The molecule has 24 heavy (non-hydrogen) atoms. The van der Waals surface area contributed by atoms with Gasteiger partial charge in [0.2, 0.25) is 0 Å². The van der Waals surface area contributed by atoms with E-state index in [2.05, 4.69) is 13.0 Å². The third-order valence-electron chi connectivity index (χ3n) is 4.52. The van der Waals surface area contributed by atoms with Crippen LogP contribution in [0.2, 0.25) is 5.02 Å². The Hall–Kier alpha value is -2.00. The number of hydrogen-bond donors (Lipinski definition) is 0. The zero-order valence-electron chi connectivity index (χ0n) is 14.5. The first-order valence-electron chi connectivity index (χ1n) is 8.23. The lowest BCUT2D eigenvalue weighted by Crippen LogP contribution is -2.43. The number of amides is 1. The summed E-state index contributed by atoms with van der Waals surface area (Å²) in [7, 11) is 0. The van der Waals surface area contributed by atoms with E-state index in [1.807, 2.05) is 49.1 Å². The zero-order chi connectivity index (χ0) is 17.4. The van der Waals surface area contributed by atoms with Crippen molar-refractivity contribution in [2.24, 2.45) is 0 Å². The van der Waals surface area contributed by atoms with E-state index in [-0.39, 0.29) is 11.9 Å². The highest BCUT2D eigenvalue weighted by atomic mass is 35.5. The third-order valence-corrected chi connectivity index (χ3v) is 5.11. The fraction of sp³-hybridized carbons (Fsp3) is 0.350. The molecule has 0 saturated heterocycles. The molecule has 0 aliphatic carbocycles. The average Bonchev–Trinajstić information content (AvgIpc) is 2.87. The standard InChI is InChI=1S/C20H22ClNO2/c1-12-9-17(10-13(2)19(12)21)24-15(4)20(23)22-14(3)11-16-7-5-6-8-18(16)22/h5-10,14-15H,11H2,1-4H3/t14-,15+/m1/s1. The van der Waals surface area contributed by atoms with Crippen LogP contribution in [0.5, 0.6) is 5.75 Å². The van der Waals surface area contributed by atoms with Crippen molar-refractivity contribution in [1.82, 2.24) is 0 Å². The summed E-state index contributed by atoms with van der Waals surface area (Å²) in [6.07, 6.45) is 0.326. The second-order valence-electron chi connectivity index (χ2n) is 6.52. The SMILES string of the molecule is Cc1cc(O[C@@H](C)C(=O)N2c3ccccc3C[C@H]2C)cc(C)c1Cl. The van der Waals surface area contributed by atoms with E-state index in [1.165, 1.54) is 5.56 Å². The average molecular weight is 344 g/mol. The molecule has 0 aromatic heterocycles. The highest BCUT2D eigenvalue weighted by molar-refractivity contribution is 6.32. The molecule has 3 rings (SSSR count). The van der Waals surface area contributed by atoms with Crippen molar-refractivity contribution in [2.45, 2.75) is 46.3 Å².